The van der Waals surface area contributed by atoms with Crippen molar-refractivity contribution in [3.63, 3.8) is 0 Å². The van der Waals surface area contributed by atoms with Gasteiger partial charge in [0, 0.05) is 12.3 Å². The van der Waals surface area contributed by atoms with Gasteiger partial charge < -0.3 is 0 Å². The van der Waals surface area contributed by atoms with Gasteiger partial charge in [-0.05, 0) is 86.5 Å². The number of fused-ring (bicyclic) bond motifs is 5. The lowest BCUT2D eigenvalue weighted by molar-refractivity contribution is -0.116. The average Bonchev–Trinajstić information content (AvgIpc) is 2.88. The Balaban J connectivity index is 0.000000880. The number of hydrogen-bond acceptors (Lipinski definition) is 1. The first-order valence-electron chi connectivity index (χ1n) is 10.2. The molecule has 0 radical (unpaired) electrons. The van der Waals surface area contributed by atoms with Gasteiger partial charge in [0.1, 0.15) is 0 Å². The molecular weight excluding hydrogens is 304 g/mol. The highest BCUT2D eigenvalue weighted by Crippen LogP contribution is 2.64. The predicted molar refractivity (Wildman–Crippen MR) is 105 cm³/mol. The minimum atomic E-state index is 0.378. The van der Waals surface area contributed by atoms with Crippen molar-refractivity contribution in [2.45, 2.75) is 65.7 Å². The molecule has 1 nitrogen and oxygen atoms in total. The number of allylic oxidation sites excluding steroid dienone is 1. The van der Waals surface area contributed by atoms with E-state index in [1.54, 1.807) is 0 Å². The van der Waals surface area contributed by atoms with Crippen molar-refractivity contribution in [1.29, 1.82) is 0 Å². The third-order valence-corrected chi connectivity index (χ3v) is 7.94. The maximum absolute atomic E-state index is 11.8. The van der Waals surface area contributed by atoms with E-state index in [4.69, 9.17) is 0 Å². The van der Waals surface area contributed by atoms with E-state index in [2.05, 4.69) is 38.8 Å². The molecule has 4 aliphatic carbocycles. The largest absolute Gasteiger partial charge is 0.295 e. The summed E-state index contributed by atoms with van der Waals surface area (Å²) in [4.78, 5) is 11.8. The van der Waals surface area contributed by atoms with Crippen molar-refractivity contribution >= 4 is 5.78 Å². The molecule has 3 fully saturated rings. The van der Waals surface area contributed by atoms with E-state index in [0.717, 1.165) is 42.4 Å². The fourth-order valence-electron chi connectivity index (χ4n) is 7.01. The maximum atomic E-state index is 11.8. The highest BCUT2D eigenvalue weighted by atomic mass is 16.1. The smallest absolute Gasteiger partial charge is 0.155 e. The molecule has 3 saturated carbocycles. The standard InChI is InChI=1S/C22H30O.C2H4/c1-4-5-20-14(2)12-21-19-8-6-15-13-16(23)7-9-17(15)18(19)10-11-22(20,21)3;1-2/h13-14,17-21H,6-12H2,1-3H3;1-2H2. The van der Waals surface area contributed by atoms with Crippen LogP contribution in [0.25, 0.3) is 0 Å². The van der Waals surface area contributed by atoms with E-state index in [1.165, 1.54) is 37.7 Å². The van der Waals surface area contributed by atoms with Crippen molar-refractivity contribution in [3.05, 3.63) is 24.8 Å². The minimum Gasteiger partial charge on any atom is -0.295 e. The molecule has 4 aliphatic rings. The normalized spacial score (nSPS) is 44.8. The monoisotopic (exact) mass is 338 g/mol. The molecule has 0 aromatic rings. The van der Waals surface area contributed by atoms with E-state index in [1.807, 2.05) is 13.0 Å². The van der Waals surface area contributed by atoms with Crippen LogP contribution in [-0.4, -0.2) is 5.78 Å². The van der Waals surface area contributed by atoms with Crippen LogP contribution in [0.1, 0.15) is 65.7 Å². The van der Waals surface area contributed by atoms with E-state index in [0.29, 0.717) is 17.1 Å². The lowest BCUT2D eigenvalue weighted by atomic mass is 9.51. The van der Waals surface area contributed by atoms with Crippen molar-refractivity contribution in [2.75, 3.05) is 0 Å². The minimum absolute atomic E-state index is 0.378. The van der Waals surface area contributed by atoms with Gasteiger partial charge in [0.2, 0.25) is 0 Å². The number of carbonyl (C=O) groups is 1. The first-order chi connectivity index (χ1) is 12.0. The van der Waals surface area contributed by atoms with Crippen LogP contribution in [0.3, 0.4) is 0 Å². The van der Waals surface area contributed by atoms with E-state index >= 15 is 0 Å². The lowest BCUT2D eigenvalue weighted by Crippen LogP contribution is -2.46. The van der Waals surface area contributed by atoms with Crippen LogP contribution in [0, 0.1) is 52.8 Å². The summed E-state index contributed by atoms with van der Waals surface area (Å²) < 4.78 is 0. The lowest BCUT2D eigenvalue weighted by Gasteiger charge is -2.53. The molecule has 7 unspecified atom stereocenters. The fourth-order valence-corrected chi connectivity index (χ4v) is 7.01. The molecule has 7 atom stereocenters. The third kappa shape index (κ3) is 2.92. The first-order valence-corrected chi connectivity index (χ1v) is 10.2. The van der Waals surface area contributed by atoms with Gasteiger partial charge in [-0.2, -0.15) is 0 Å². The molecule has 0 heterocycles. The van der Waals surface area contributed by atoms with Crippen LogP contribution in [-0.2, 0) is 4.79 Å². The van der Waals surface area contributed by atoms with Crippen LogP contribution >= 0.6 is 0 Å². The summed E-state index contributed by atoms with van der Waals surface area (Å²) >= 11 is 0. The third-order valence-electron chi connectivity index (χ3n) is 7.94. The van der Waals surface area contributed by atoms with Crippen LogP contribution in [0.4, 0.5) is 0 Å². The molecule has 0 aromatic heterocycles. The zero-order valence-electron chi connectivity index (χ0n) is 16.3. The topological polar surface area (TPSA) is 17.1 Å². The van der Waals surface area contributed by atoms with Crippen LogP contribution in [0.15, 0.2) is 24.8 Å². The van der Waals surface area contributed by atoms with Gasteiger partial charge in [0.15, 0.2) is 5.78 Å². The Hall–Kier alpha value is -1.29. The number of carbonyl (C=O) groups excluding carboxylic acids is 1. The summed E-state index contributed by atoms with van der Waals surface area (Å²) in [5.74, 6) is 11.9. The quantitative estimate of drug-likeness (QED) is 0.402. The van der Waals surface area contributed by atoms with Gasteiger partial charge in [-0.3, -0.25) is 4.79 Å². The second-order valence-electron chi connectivity index (χ2n) is 8.93. The highest BCUT2D eigenvalue weighted by molar-refractivity contribution is 5.91. The Bertz CT molecular complexity index is 618. The van der Waals surface area contributed by atoms with Gasteiger partial charge in [0.25, 0.3) is 0 Å². The van der Waals surface area contributed by atoms with Crippen molar-refractivity contribution in [2.24, 2.45) is 40.9 Å². The summed E-state index contributed by atoms with van der Waals surface area (Å²) in [6.45, 7) is 13.0. The molecule has 1 heteroatoms. The highest BCUT2D eigenvalue weighted by Gasteiger charge is 2.57. The molecule has 0 bridgehead atoms. The van der Waals surface area contributed by atoms with Gasteiger partial charge in [-0.1, -0.05) is 25.3 Å². The molecule has 0 aromatic carbocycles. The van der Waals surface area contributed by atoms with Crippen LogP contribution in [0.2, 0.25) is 0 Å². The molecular formula is C24H34O. The van der Waals surface area contributed by atoms with Crippen molar-refractivity contribution in [3.8, 4) is 11.8 Å². The fraction of sp³-hybridized carbons (Fsp3) is 0.708. The summed E-state index contributed by atoms with van der Waals surface area (Å²) in [6, 6.07) is 0. The molecule has 4 rings (SSSR count). The summed E-state index contributed by atoms with van der Waals surface area (Å²) in [5.41, 5.74) is 1.94. The van der Waals surface area contributed by atoms with E-state index in [9.17, 15) is 4.79 Å². The number of rotatable bonds is 0. The molecule has 0 saturated heterocycles. The zero-order valence-corrected chi connectivity index (χ0v) is 16.3. The second kappa shape index (κ2) is 7.14. The Morgan fingerprint density at radius 2 is 1.92 bits per heavy atom. The molecule has 0 N–H and O–H groups in total. The predicted octanol–water partition coefficient (Wildman–Crippen LogP) is 5.82. The number of hydrogen-bond donors (Lipinski definition) is 0. The molecule has 0 amide bonds. The Morgan fingerprint density at radius 3 is 2.64 bits per heavy atom. The maximum Gasteiger partial charge on any atom is 0.155 e. The number of ketones is 1. The summed E-state index contributed by atoms with van der Waals surface area (Å²) in [6.07, 6.45) is 10.5. The van der Waals surface area contributed by atoms with E-state index in [-0.39, 0.29) is 0 Å². The zero-order chi connectivity index (χ0) is 18.2. The van der Waals surface area contributed by atoms with Crippen molar-refractivity contribution < 1.29 is 4.79 Å². The van der Waals surface area contributed by atoms with Gasteiger partial charge in [-0.25, -0.2) is 0 Å². The van der Waals surface area contributed by atoms with Crippen LogP contribution < -0.4 is 0 Å². The molecule has 0 spiro atoms. The van der Waals surface area contributed by atoms with Gasteiger partial charge in [0.05, 0.1) is 0 Å². The average molecular weight is 339 g/mol. The SMILES string of the molecule is C=C.CC#CC1C(C)CC2C3CCC4=CC(=O)CCC4C3CCC12C. The Labute approximate surface area is 154 Å². The van der Waals surface area contributed by atoms with E-state index < -0.39 is 0 Å². The molecule has 0 aliphatic heterocycles. The molecule has 136 valence electrons. The first kappa shape index (κ1) is 18.5. The van der Waals surface area contributed by atoms with Crippen molar-refractivity contribution in [1.82, 2.24) is 0 Å². The Morgan fingerprint density at radius 1 is 1.16 bits per heavy atom. The van der Waals surface area contributed by atoms with Crippen LogP contribution in [0.5, 0.6) is 0 Å². The second-order valence-corrected chi connectivity index (χ2v) is 8.93. The Kier molecular flexibility index (Phi) is 5.29. The summed E-state index contributed by atoms with van der Waals surface area (Å²) in [7, 11) is 0. The van der Waals surface area contributed by atoms with Gasteiger partial charge >= 0.3 is 0 Å². The van der Waals surface area contributed by atoms with Gasteiger partial charge in [-0.15, -0.1) is 19.1 Å². The summed E-state index contributed by atoms with van der Waals surface area (Å²) in [5, 5.41) is 0. The molecule has 25 heavy (non-hydrogen) atoms.